The van der Waals surface area contributed by atoms with Gasteiger partial charge in [-0.3, -0.25) is 5.41 Å². The van der Waals surface area contributed by atoms with Gasteiger partial charge in [-0.15, -0.1) is 0 Å². The Morgan fingerprint density at radius 2 is 2.11 bits per heavy atom. The number of benzene rings is 1. The van der Waals surface area contributed by atoms with Gasteiger partial charge in [0.05, 0.1) is 11.4 Å². The maximum absolute atomic E-state index is 7.60. The molecule has 0 saturated carbocycles. The van der Waals surface area contributed by atoms with Crippen LogP contribution in [0.3, 0.4) is 0 Å². The molecule has 2 aromatic rings. The van der Waals surface area contributed by atoms with E-state index in [-0.39, 0.29) is 5.92 Å². The van der Waals surface area contributed by atoms with Crippen LogP contribution in [0.4, 0.5) is 5.82 Å². The normalized spacial score (nSPS) is 19.6. The number of pyridine rings is 1. The fourth-order valence-electron chi connectivity index (χ4n) is 2.67. The van der Waals surface area contributed by atoms with E-state index in [1.165, 1.54) is 0 Å². The van der Waals surface area contributed by atoms with Crippen LogP contribution in [0, 0.1) is 11.3 Å². The Kier molecular flexibility index (Phi) is 3.07. The molecule has 1 atom stereocenters. The van der Waals surface area contributed by atoms with Crippen molar-refractivity contribution in [3.05, 3.63) is 36.4 Å². The number of para-hydroxylation sites is 1. The second kappa shape index (κ2) is 4.88. The number of nitrogens with zero attached hydrogens (tertiary/aromatic N) is 2. The summed E-state index contributed by atoms with van der Waals surface area (Å²) in [6.45, 7) is 1.80. The molecule has 1 aliphatic rings. The van der Waals surface area contributed by atoms with Crippen LogP contribution in [-0.4, -0.2) is 23.9 Å². The lowest BCUT2D eigenvalue weighted by molar-refractivity contribution is 0.500. The van der Waals surface area contributed by atoms with E-state index >= 15 is 0 Å². The number of aromatic nitrogens is 1. The fraction of sp³-hybridized carbons (Fsp3) is 0.333. The molecule has 0 amide bonds. The number of hydrogen-bond acceptors (Lipinski definition) is 3. The highest BCUT2D eigenvalue weighted by molar-refractivity contribution is 5.81. The molecular formula is C15H18N4. The van der Waals surface area contributed by atoms with E-state index in [0.29, 0.717) is 5.84 Å². The van der Waals surface area contributed by atoms with Crippen LogP contribution < -0.4 is 10.6 Å². The molecule has 1 aromatic carbocycles. The van der Waals surface area contributed by atoms with E-state index in [0.717, 1.165) is 42.7 Å². The van der Waals surface area contributed by atoms with E-state index in [2.05, 4.69) is 23.1 Å². The number of fused-ring (bicyclic) bond motifs is 1. The lowest BCUT2D eigenvalue weighted by Crippen LogP contribution is -2.41. The van der Waals surface area contributed by atoms with Gasteiger partial charge in [-0.05, 0) is 31.0 Å². The molecule has 4 heteroatoms. The summed E-state index contributed by atoms with van der Waals surface area (Å²) in [7, 11) is 0. The fourth-order valence-corrected chi connectivity index (χ4v) is 2.67. The second-order valence-electron chi connectivity index (χ2n) is 5.10. The number of anilines is 1. The molecule has 0 aliphatic carbocycles. The largest absolute Gasteiger partial charge is 0.387 e. The van der Waals surface area contributed by atoms with Crippen molar-refractivity contribution in [3.8, 4) is 0 Å². The first-order valence-electron chi connectivity index (χ1n) is 6.69. The van der Waals surface area contributed by atoms with Crippen molar-refractivity contribution >= 4 is 22.6 Å². The molecule has 0 spiro atoms. The lowest BCUT2D eigenvalue weighted by Gasteiger charge is -2.33. The molecule has 19 heavy (non-hydrogen) atoms. The summed E-state index contributed by atoms with van der Waals surface area (Å²) in [5, 5.41) is 8.76. The Labute approximate surface area is 112 Å². The first-order chi connectivity index (χ1) is 9.24. The Bertz CT molecular complexity index is 608. The minimum Gasteiger partial charge on any atom is -0.387 e. The maximum Gasteiger partial charge on any atom is 0.129 e. The average Bonchev–Trinajstić information content (AvgIpc) is 2.47. The highest BCUT2D eigenvalue weighted by atomic mass is 15.2. The average molecular weight is 254 g/mol. The number of nitrogens with one attached hydrogen (secondary N) is 1. The molecule has 1 fully saturated rings. The van der Waals surface area contributed by atoms with Crippen LogP contribution in [0.2, 0.25) is 0 Å². The van der Waals surface area contributed by atoms with Gasteiger partial charge in [0, 0.05) is 24.4 Å². The van der Waals surface area contributed by atoms with Crippen molar-refractivity contribution in [2.24, 2.45) is 11.7 Å². The first-order valence-corrected chi connectivity index (χ1v) is 6.69. The Morgan fingerprint density at radius 3 is 2.95 bits per heavy atom. The summed E-state index contributed by atoms with van der Waals surface area (Å²) in [5.41, 5.74) is 6.65. The van der Waals surface area contributed by atoms with Crippen molar-refractivity contribution in [1.82, 2.24) is 4.98 Å². The third-order valence-corrected chi connectivity index (χ3v) is 3.77. The highest BCUT2D eigenvalue weighted by Gasteiger charge is 2.22. The van der Waals surface area contributed by atoms with Gasteiger partial charge in [-0.1, -0.05) is 18.2 Å². The van der Waals surface area contributed by atoms with Crippen molar-refractivity contribution in [2.45, 2.75) is 12.8 Å². The van der Waals surface area contributed by atoms with Crippen molar-refractivity contribution < 1.29 is 0 Å². The number of nitrogens with two attached hydrogens (primary N) is 1. The van der Waals surface area contributed by atoms with Crippen LogP contribution in [0.25, 0.3) is 10.9 Å². The van der Waals surface area contributed by atoms with E-state index < -0.39 is 0 Å². The zero-order chi connectivity index (χ0) is 13.2. The summed E-state index contributed by atoms with van der Waals surface area (Å²) in [6.07, 6.45) is 2.08. The molecule has 1 unspecified atom stereocenters. The Morgan fingerprint density at radius 1 is 1.26 bits per heavy atom. The minimum atomic E-state index is 0.169. The SMILES string of the molecule is N=C(N)C1CCCN(c2ccc3ccccc3n2)C1. The van der Waals surface area contributed by atoms with E-state index in [1.807, 2.05) is 18.2 Å². The second-order valence-corrected chi connectivity index (χ2v) is 5.10. The summed E-state index contributed by atoms with van der Waals surface area (Å²) >= 11 is 0. The number of hydrogen-bond donors (Lipinski definition) is 2. The molecule has 4 nitrogen and oxygen atoms in total. The molecule has 3 N–H and O–H groups in total. The van der Waals surface area contributed by atoms with Crippen molar-refractivity contribution in [1.29, 1.82) is 5.41 Å². The van der Waals surface area contributed by atoms with Crippen LogP contribution >= 0.6 is 0 Å². The summed E-state index contributed by atoms with van der Waals surface area (Å²) in [5.74, 6) is 1.46. The molecule has 98 valence electrons. The molecule has 3 rings (SSSR count). The van der Waals surface area contributed by atoms with Gasteiger partial charge in [0.1, 0.15) is 5.82 Å². The van der Waals surface area contributed by atoms with E-state index in [9.17, 15) is 0 Å². The summed E-state index contributed by atoms with van der Waals surface area (Å²) < 4.78 is 0. The van der Waals surface area contributed by atoms with Gasteiger partial charge in [0.15, 0.2) is 0 Å². The van der Waals surface area contributed by atoms with Crippen LogP contribution in [0.5, 0.6) is 0 Å². The zero-order valence-electron chi connectivity index (χ0n) is 10.8. The monoisotopic (exact) mass is 254 g/mol. The molecule has 1 saturated heterocycles. The predicted octanol–water partition coefficient (Wildman–Crippen LogP) is 2.39. The maximum atomic E-state index is 7.60. The third-order valence-electron chi connectivity index (χ3n) is 3.77. The number of piperidine rings is 1. The Hall–Kier alpha value is -2.10. The van der Waals surface area contributed by atoms with Crippen molar-refractivity contribution in [3.63, 3.8) is 0 Å². The van der Waals surface area contributed by atoms with Crippen LogP contribution in [-0.2, 0) is 0 Å². The molecular weight excluding hydrogens is 236 g/mol. The van der Waals surface area contributed by atoms with Gasteiger partial charge in [0.2, 0.25) is 0 Å². The first kappa shape index (κ1) is 12.0. The van der Waals surface area contributed by atoms with E-state index in [1.54, 1.807) is 0 Å². The lowest BCUT2D eigenvalue weighted by atomic mass is 9.97. The number of rotatable bonds is 2. The molecule has 1 aliphatic heterocycles. The molecule has 0 bridgehead atoms. The quantitative estimate of drug-likeness (QED) is 0.639. The molecule has 1 aromatic heterocycles. The van der Waals surface area contributed by atoms with Crippen molar-refractivity contribution in [2.75, 3.05) is 18.0 Å². The zero-order valence-corrected chi connectivity index (χ0v) is 10.8. The summed E-state index contributed by atoms with van der Waals surface area (Å²) in [6, 6.07) is 12.3. The van der Waals surface area contributed by atoms with Gasteiger partial charge in [-0.2, -0.15) is 0 Å². The highest BCUT2D eigenvalue weighted by Crippen LogP contribution is 2.23. The van der Waals surface area contributed by atoms with Crippen LogP contribution in [0.15, 0.2) is 36.4 Å². The topological polar surface area (TPSA) is 66.0 Å². The molecule has 2 heterocycles. The van der Waals surface area contributed by atoms with E-state index in [4.69, 9.17) is 16.1 Å². The number of amidine groups is 1. The van der Waals surface area contributed by atoms with Gasteiger partial charge >= 0.3 is 0 Å². The third kappa shape index (κ3) is 2.38. The van der Waals surface area contributed by atoms with Crippen LogP contribution in [0.1, 0.15) is 12.8 Å². The predicted molar refractivity (Wildman–Crippen MR) is 78.6 cm³/mol. The summed E-state index contributed by atoms with van der Waals surface area (Å²) in [4.78, 5) is 6.95. The Balaban J connectivity index is 1.89. The standard InChI is InChI=1S/C15H18N4/c16-15(17)12-5-3-9-19(10-12)14-8-7-11-4-1-2-6-13(11)18-14/h1-2,4,6-8,12H,3,5,9-10H2,(H3,16,17). The van der Waals surface area contributed by atoms with Gasteiger partial charge < -0.3 is 10.6 Å². The van der Waals surface area contributed by atoms with Gasteiger partial charge in [0.25, 0.3) is 0 Å². The van der Waals surface area contributed by atoms with Gasteiger partial charge in [-0.25, -0.2) is 4.98 Å². The smallest absolute Gasteiger partial charge is 0.129 e. The minimum absolute atomic E-state index is 0.169. The molecule has 0 radical (unpaired) electrons.